The van der Waals surface area contributed by atoms with Crippen LogP contribution in [0.2, 0.25) is 0 Å². The Labute approximate surface area is 184 Å². The van der Waals surface area contributed by atoms with Crippen LogP contribution in [-0.2, 0) is 25.4 Å². The number of benzene rings is 1. The van der Waals surface area contributed by atoms with Crippen LogP contribution >= 0.6 is 0 Å². The zero-order valence-electron chi connectivity index (χ0n) is 18.8. The first-order chi connectivity index (χ1) is 15.3. The number of nitrogens with one attached hydrogen (secondary N) is 2. The summed E-state index contributed by atoms with van der Waals surface area (Å²) in [5.74, 6) is 0.0250. The molecule has 3 rings (SSSR count). The predicted molar refractivity (Wildman–Crippen MR) is 121 cm³/mol. The average Bonchev–Trinajstić information content (AvgIpc) is 3.14. The Morgan fingerprint density at radius 2 is 1.72 bits per heavy atom. The molecule has 9 nitrogen and oxygen atoms in total. The summed E-state index contributed by atoms with van der Waals surface area (Å²) < 4.78 is 17.4. The highest BCUT2D eigenvalue weighted by Gasteiger charge is 2.19. The minimum absolute atomic E-state index is 0.00730. The first-order valence-corrected chi connectivity index (χ1v) is 10.7. The molecule has 172 valence electrons. The Morgan fingerprint density at radius 1 is 1.06 bits per heavy atom. The van der Waals surface area contributed by atoms with E-state index in [1.54, 1.807) is 23.7 Å². The molecule has 2 heterocycles. The van der Waals surface area contributed by atoms with Gasteiger partial charge in [0.05, 0.1) is 6.54 Å². The van der Waals surface area contributed by atoms with Gasteiger partial charge in [-0.1, -0.05) is 26.0 Å². The summed E-state index contributed by atoms with van der Waals surface area (Å²) in [7, 11) is 2.97. The number of hydrogen-bond donors (Lipinski definition) is 2. The number of rotatable bonds is 9. The van der Waals surface area contributed by atoms with Gasteiger partial charge in [-0.25, -0.2) is 9.18 Å². The van der Waals surface area contributed by atoms with Crippen LogP contribution in [0.1, 0.15) is 32.3 Å². The van der Waals surface area contributed by atoms with Crippen molar-refractivity contribution in [2.75, 3.05) is 18.4 Å². The van der Waals surface area contributed by atoms with E-state index in [-0.39, 0.29) is 35.4 Å². The maximum Gasteiger partial charge on any atom is 0.332 e. The van der Waals surface area contributed by atoms with E-state index in [0.29, 0.717) is 19.0 Å². The predicted octanol–water partition coefficient (Wildman–Crippen LogP) is 1.59. The molecular weight excluding hydrogens is 415 g/mol. The highest BCUT2D eigenvalue weighted by molar-refractivity contribution is 5.78. The van der Waals surface area contributed by atoms with Gasteiger partial charge < -0.3 is 10.6 Å². The number of anilines is 1. The first-order valence-electron chi connectivity index (χ1n) is 10.7. The number of hydrogen-bond acceptors (Lipinski definition) is 5. The third-order valence-electron chi connectivity index (χ3n) is 5.67. The third-order valence-corrected chi connectivity index (χ3v) is 5.67. The van der Waals surface area contributed by atoms with Crippen molar-refractivity contribution in [1.82, 2.24) is 24.0 Å². The van der Waals surface area contributed by atoms with Crippen LogP contribution in [0.25, 0.3) is 11.2 Å². The smallest absolute Gasteiger partial charge is 0.332 e. The molecule has 0 spiro atoms. The number of nitrogens with zero attached hydrogens (tertiary/aromatic N) is 4. The summed E-state index contributed by atoms with van der Waals surface area (Å²) in [6.07, 6.45) is 1.56. The van der Waals surface area contributed by atoms with Crippen molar-refractivity contribution in [2.24, 2.45) is 20.0 Å². The lowest BCUT2D eigenvalue weighted by Gasteiger charge is -2.14. The van der Waals surface area contributed by atoms with E-state index < -0.39 is 11.2 Å². The summed E-state index contributed by atoms with van der Waals surface area (Å²) in [6, 6.07) is 5.96. The number of halogens is 1. The van der Waals surface area contributed by atoms with Crippen molar-refractivity contribution >= 4 is 23.0 Å². The fourth-order valence-electron chi connectivity index (χ4n) is 3.67. The standard InChI is InChI=1S/C22H29FN6O3/c1-5-15(6-2)19(30)24-11-12-25-21-26-18-17(20(31)28(4)22(32)27(18)3)29(21)13-14-7-9-16(23)10-8-14/h7-10,15H,5-6,11-13H2,1-4H3,(H,24,30)(H,25,26). The second-order valence-corrected chi connectivity index (χ2v) is 7.76. The molecule has 1 amide bonds. The van der Waals surface area contributed by atoms with Crippen LogP contribution in [0.15, 0.2) is 33.9 Å². The maximum atomic E-state index is 13.3. The van der Waals surface area contributed by atoms with E-state index in [0.717, 1.165) is 23.0 Å². The molecule has 0 saturated heterocycles. The van der Waals surface area contributed by atoms with E-state index in [9.17, 15) is 18.8 Å². The van der Waals surface area contributed by atoms with Gasteiger partial charge in [-0.2, -0.15) is 4.98 Å². The van der Waals surface area contributed by atoms with Crippen LogP contribution < -0.4 is 21.9 Å². The summed E-state index contributed by atoms with van der Waals surface area (Å²) >= 11 is 0. The molecule has 0 fully saturated rings. The zero-order valence-corrected chi connectivity index (χ0v) is 18.8. The number of aromatic nitrogens is 4. The van der Waals surface area contributed by atoms with E-state index in [1.165, 1.54) is 23.7 Å². The molecule has 1 aromatic carbocycles. The van der Waals surface area contributed by atoms with Gasteiger partial charge in [0, 0.05) is 33.1 Å². The fraction of sp³-hybridized carbons (Fsp3) is 0.455. The molecule has 2 aromatic heterocycles. The Bertz CT molecular complexity index is 1220. The zero-order chi connectivity index (χ0) is 23.4. The van der Waals surface area contributed by atoms with E-state index in [2.05, 4.69) is 15.6 Å². The summed E-state index contributed by atoms with van der Waals surface area (Å²) in [6.45, 7) is 4.98. The lowest BCUT2D eigenvalue weighted by atomic mass is 10.0. The molecule has 0 aliphatic heterocycles. The van der Waals surface area contributed by atoms with Gasteiger partial charge in [0.25, 0.3) is 5.56 Å². The molecule has 2 N–H and O–H groups in total. The molecule has 0 aliphatic carbocycles. The Morgan fingerprint density at radius 3 is 2.34 bits per heavy atom. The molecule has 0 atom stereocenters. The van der Waals surface area contributed by atoms with E-state index >= 15 is 0 Å². The molecular formula is C22H29FN6O3. The number of imidazole rings is 1. The summed E-state index contributed by atoms with van der Waals surface area (Å²) in [5.41, 5.74) is 0.351. The van der Waals surface area contributed by atoms with Crippen molar-refractivity contribution in [1.29, 1.82) is 0 Å². The molecule has 0 aliphatic rings. The van der Waals surface area contributed by atoms with Crippen LogP contribution in [0, 0.1) is 11.7 Å². The van der Waals surface area contributed by atoms with Crippen LogP contribution in [0.5, 0.6) is 0 Å². The minimum Gasteiger partial charge on any atom is -0.354 e. The lowest BCUT2D eigenvalue weighted by molar-refractivity contribution is -0.125. The molecule has 3 aromatic rings. The van der Waals surface area contributed by atoms with Gasteiger partial charge in [0.1, 0.15) is 5.82 Å². The Balaban J connectivity index is 1.92. The quantitative estimate of drug-likeness (QED) is 0.488. The van der Waals surface area contributed by atoms with E-state index in [1.807, 2.05) is 13.8 Å². The topological polar surface area (TPSA) is 103 Å². The van der Waals surface area contributed by atoms with Crippen LogP contribution in [0.3, 0.4) is 0 Å². The summed E-state index contributed by atoms with van der Waals surface area (Å²) in [4.78, 5) is 41.9. The molecule has 0 saturated carbocycles. The van der Waals surface area contributed by atoms with Crippen molar-refractivity contribution in [3.63, 3.8) is 0 Å². The van der Waals surface area contributed by atoms with Gasteiger partial charge >= 0.3 is 5.69 Å². The molecule has 10 heteroatoms. The fourth-order valence-corrected chi connectivity index (χ4v) is 3.67. The van der Waals surface area contributed by atoms with Crippen molar-refractivity contribution in [3.05, 3.63) is 56.5 Å². The van der Waals surface area contributed by atoms with Crippen LogP contribution in [0.4, 0.5) is 10.3 Å². The van der Waals surface area contributed by atoms with E-state index in [4.69, 9.17) is 0 Å². The number of fused-ring (bicyclic) bond motifs is 1. The first kappa shape index (κ1) is 23.2. The molecule has 0 bridgehead atoms. The maximum absolute atomic E-state index is 13.3. The number of aryl methyl sites for hydroxylation is 1. The number of carbonyl (C=O) groups is 1. The third kappa shape index (κ3) is 4.58. The highest BCUT2D eigenvalue weighted by Crippen LogP contribution is 2.18. The van der Waals surface area contributed by atoms with Crippen LogP contribution in [-0.4, -0.2) is 37.7 Å². The van der Waals surface area contributed by atoms with Crippen molar-refractivity contribution in [3.8, 4) is 0 Å². The average molecular weight is 445 g/mol. The Hall–Kier alpha value is -3.43. The van der Waals surface area contributed by atoms with Gasteiger partial charge in [-0.05, 0) is 30.5 Å². The van der Waals surface area contributed by atoms with Gasteiger partial charge in [0.2, 0.25) is 11.9 Å². The monoisotopic (exact) mass is 444 g/mol. The second-order valence-electron chi connectivity index (χ2n) is 7.76. The molecule has 0 radical (unpaired) electrons. The molecule has 32 heavy (non-hydrogen) atoms. The van der Waals surface area contributed by atoms with Gasteiger partial charge in [0.15, 0.2) is 11.2 Å². The van der Waals surface area contributed by atoms with Crippen molar-refractivity contribution in [2.45, 2.75) is 33.2 Å². The number of carbonyl (C=O) groups excluding carboxylic acids is 1. The SMILES string of the molecule is CCC(CC)C(=O)NCCNc1nc2c(c(=O)n(C)c(=O)n2C)n1Cc1ccc(F)cc1. The van der Waals surface area contributed by atoms with Crippen molar-refractivity contribution < 1.29 is 9.18 Å². The second kappa shape index (κ2) is 9.80. The Kier molecular flexibility index (Phi) is 7.12. The highest BCUT2D eigenvalue weighted by atomic mass is 19.1. The largest absolute Gasteiger partial charge is 0.354 e. The van der Waals surface area contributed by atoms with Gasteiger partial charge in [-0.15, -0.1) is 0 Å². The minimum atomic E-state index is -0.474. The number of amides is 1. The van der Waals surface area contributed by atoms with Gasteiger partial charge in [-0.3, -0.25) is 23.3 Å². The lowest BCUT2D eigenvalue weighted by Crippen LogP contribution is -2.37. The molecule has 0 unspecified atom stereocenters. The normalized spacial score (nSPS) is 11.3. The summed E-state index contributed by atoms with van der Waals surface area (Å²) in [5, 5.41) is 6.06.